The van der Waals surface area contributed by atoms with Gasteiger partial charge >= 0.3 is 6.03 Å². The van der Waals surface area contributed by atoms with Crippen LogP contribution in [0.3, 0.4) is 0 Å². The Bertz CT molecular complexity index is 882. The lowest BCUT2D eigenvalue weighted by Crippen LogP contribution is -2.40. The molecule has 4 heterocycles. The van der Waals surface area contributed by atoms with Crippen molar-refractivity contribution in [2.24, 2.45) is 5.73 Å². The fraction of sp³-hybridized carbons (Fsp3) is 0.368. The van der Waals surface area contributed by atoms with Gasteiger partial charge in [0.05, 0.1) is 6.04 Å². The Kier molecular flexibility index (Phi) is 4.06. The van der Waals surface area contributed by atoms with Crippen LogP contribution in [0.2, 0.25) is 0 Å². The molecule has 2 aliphatic rings. The predicted octanol–water partition coefficient (Wildman–Crippen LogP) is 2.27. The van der Waals surface area contributed by atoms with E-state index in [-0.39, 0.29) is 11.9 Å². The summed E-state index contributed by atoms with van der Waals surface area (Å²) >= 11 is 0. The number of amides is 3. The van der Waals surface area contributed by atoms with Crippen LogP contribution in [0, 0.1) is 0 Å². The van der Waals surface area contributed by atoms with Crippen LogP contribution in [0.15, 0.2) is 30.7 Å². The maximum Gasteiger partial charge on any atom is 0.320 e. The molecule has 2 aliphatic heterocycles. The molecule has 4 rings (SSSR count). The summed E-state index contributed by atoms with van der Waals surface area (Å²) in [6.07, 6.45) is 8.51. The van der Waals surface area contributed by atoms with Crippen molar-refractivity contribution < 1.29 is 9.59 Å². The Morgan fingerprint density at radius 1 is 1.19 bits per heavy atom. The number of rotatable bonds is 2. The summed E-state index contributed by atoms with van der Waals surface area (Å²) in [4.78, 5) is 35.6. The largest absolute Gasteiger partial charge is 0.351 e. The van der Waals surface area contributed by atoms with Crippen LogP contribution in [0.4, 0.5) is 10.6 Å². The predicted molar refractivity (Wildman–Crippen MR) is 97.5 cm³/mol. The van der Waals surface area contributed by atoms with Crippen molar-refractivity contribution in [2.45, 2.75) is 31.7 Å². The fourth-order valence-corrected chi connectivity index (χ4v) is 3.83. The summed E-state index contributed by atoms with van der Waals surface area (Å²) in [5.41, 5.74) is 9.42. The number of hydrogen-bond acceptors (Lipinski definition) is 4. The number of hydrogen-bond donors (Lipinski definition) is 1. The molecule has 1 atom stereocenters. The molecule has 0 aliphatic carbocycles. The Labute approximate surface area is 151 Å². The first kappa shape index (κ1) is 16.5. The number of primary amides is 1. The van der Waals surface area contributed by atoms with Crippen molar-refractivity contribution >= 4 is 17.8 Å². The van der Waals surface area contributed by atoms with E-state index in [9.17, 15) is 9.59 Å². The standard InChI is InChI=1S/C19H21N5O2/c1-23-16(4-5-17(23)25)15-8-13(9-21-10-15)14-7-12-3-2-6-24(19(20)26)18(12)22-11-14/h7-11,16H,2-6H2,1H3,(H2,20,26). The van der Waals surface area contributed by atoms with Gasteiger partial charge in [-0.3, -0.25) is 14.7 Å². The monoisotopic (exact) mass is 351 g/mol. The highest BCUT2D eigenvalue weighted by molar-refractivity contribution is 5.91. The average Bonchev–Trinajstić information content (AvgIpc) is 2.99. The molecule has 0 aromatic carbocycles. The number of anilines is 1. The molecule has 1 fully saturated rings. The third-order valence-corrected chi connectivity index (χ3v) is 5.26. The van der Waals surface area contributed by atoms with Gasteiger partial charge in [0.2, 0.25) is 5.91 Å². The number of fused-ring (bicyclic) bond motifs is 1. The third kappa shape index (κ3) is 2.79. The first-order valence-electron chi connectivity index (χ1n) is 8.81. The number of carbonyl (C=O) groups excluding carboxylic acids is 2. The molecule has 0 bridgehead atoms. The summed E-state index contributed by atoms with van der Waals surface area (Å²) < 4.78 is 0. The third-order valence-electron chi connectivity index (χ3n) is 5.26. The zero-order valence-electron chi connectivity index (χ0n) is 14.7. The van der Waals surface area contributed by atoms with E-state index >= 15 is 0 Å². The molecule has 134 valence electrons. The fourth-order valence-electron chi connectivity index (χ4n) is 3.83. The first-order valence-corrected chi connectivity index (χ1v) is 8.81. The number of aryl methyl sites for hydroxylation is 1. The number of aromatic nitrogens is 2. The number of pyridine rings is 2. The van der Waals surface area contributed by atoms with Gasteiger partial charge in [-0.15, -0.1) is 0 Å². The van der Waals surface area contributed by atoms with Crippen molar-refractivity contribution in [1.29, 1.82) is 0 Å². The lowest BCUT2D eigenvalue weighted by atomic mass is 9.99. The molecular formula is C19H21N5O2. The van der Waals surface area contributed by atoms with Crippen molar-refractivity contribution in [2.75, 3.05) is 18.5 Å². The molecule has 7 nitrogen and oxygen atoms in total. The van der Waals surface area contributed by atoms with Crippen LogP contribution in [0.25, 0.3) is 11.1 Å². The van der Waals surface area contributed by atoms with Crippen LogP contribution < -0.4 is 10.6 Å². The van der Waals surface area contributed by atoms with Gasteiger partial charge in [-0.05, 0) is 42.5 Å². The smallest absolute Gasteiger partial charge is 0.320 e. The van der Waals surface area contributed by atoms with Crippen molar-refractivity contribution in [1.82, 2.24) is 14.9 Å². The molecule has 1 unspecified atom stereocenters. The van der Waals surface area contributed by atoms with Gasteiger partial charge in [-0.25, -0.2) is 9.78 Å². The molecule has 0 radical (unpaired) electrons. The Hall–Kier alpha value is -2.96. The summed E-state index contributed by atoms with van der Waals surface area (Å²) in [5.74, 6) is 0.820. The van der Waals surface area contributed by atoms with Crippen LogP contribution in [-0.4, -0.2) is 40.4 Å². The highest BCUT2D eigenvalue weighted by Crippen LogP contribution is 2.34. The average molecular weight is 351 g/mol. The van der Waals surface area contributed by atoms with E-state index in [1.807, 2.05) is 13.2 Å². The second-order valence-corrected chi connectivity index (χ2v) is 6.87. The molecule has 2 aromatic heterocycles. The van der Waals surface area contributed by atoms with E-state index in [2.05, 4.69) is 22.1 Å². The van der Waals surface area contributed by atoms with Gasteiger partial charge in [-0.1, -0.05) is 0 Å². The quantitative estimate of drug-likeness (QED) is 0.898. The zero-order valence-corrected chi connectivity index (χ0v) is 14.7. The highest BCUT2D eigenvalue weighted by atomic mass is 16.2. The van der Waals surface area contributed by atoms with Crippen molar-refractivity contribution in [3.05, 3.63) is 41.9 Å². The molecule has 0 saturated carbocycles. The number of nitrogens with zero attached hydrogens (tertiary/aromatic N) is 4. The van der Waals surface area contributed by atoms with Crippen LogP contribution >= 0.6 is 0 Å². The molecule has 26 heavy (non-hydrogen) atoms. The van der Waals surface area contributed by atoms with Crippen LogP contribution in [-0.2, 0) is 11.2 Å². The minimum absolute atomic E-state index is 0.0749. The Morgan fingerprint density at radius 3 is 2.73 bits per heavy atom. The zero-order chi connectivity index (χ0) is 18.3. The van der Waals surface area contributed by atoms with E-state index in [4.69, 9.17) is 5.73 Å². The molecule has 1 saturated heterocycles. The maximum atomic E-state index is 11.8. The second-order valence-electron chi connectivity index (χ2n) is 6.87. The van der Waals surface area contributed by atoms with Crippen LogP contribution in [0.5, 0.6) is 0 Å². The maximum absolute atomic E-state index is 11.8. The topological polar surface area (TPSA) is 92.4 Å². The molecule has 3 amide bonds. The lowest BCUT2D eigenvalue weighted by molar-refractivity contribution is -0.127. The summed E-state index contributed by atoms with van der Waals surface area (Å²) in [6.45, 7) is 0.605. The van der Waals surface area contributed by atoms with Gasteiger partial charge in [0.1, 0.15) is 5.82 Å². The molecule has 2 aromatic rings. The first-order chi connectivity index (χ1) is 12.5. The van der Waals surface area contributed by atoms with Gasteiger partial charge < -0.3 is 10.6 Å². The van der Waals surface area contributed by atoms with Crippen LogP contribution in [0.1, 0.15) is 36.4 Å². The molecule has 0 spiro atoms. The van der Waals surface area contributed by atoms with Gasteiger partial charge in [-0.2, -0.15) is 0 Å². The lowest BCUT2D eigenvalue weighted by Gasteiger charge is -2.27. The van der Waals surface area contributed by atoms with Crippen molar-refractivity contribution in [3.8, 4) is 11.1 Å². The van der Waals surface area contributed by atoms with E-state index in [0.29, 0.717) is 18.8 Å². The molecule has 2 N–H and O–H groups in total. The Morgan fingerprint density at radius 2 is 2.00 bits per heavy atom. The summed E-state index contributed by atoms with van der Waals surface area (Å²) in [5, 5.41) is 0. The Balaban J connectivity index is 1.67. The van der Waals surface area contributed by atoms with E-state index in [1.54, 1.807) is 17.3 Å². The minimum Gasteiger partial charge on any atom is -0.351 e. The number of carbonyl (C=O) groups is 2. The normalized spacial score (nSPS) is 19.6. The van der Waals surface area contributed by atoms with E-state index < -0.39 is 6.03 Å². The van der Waals surface area contributed by atoms with Gasteiger partial charge in [0.25, 0.3) is 0 Å². The molecular weight excluding hydrogens is 330 g/mol. The van der Waals surface area contributed by atoms with Crippen molar-refractivity contribution in [3.63, 3.8) is 0 Å². The molecule has 7 heteroatoms. The van der Waals surface area contributed by atoms with E-state index in [0.717, 1.165) is 41.5 Å². The highest BCUT2D eigenvalue weighted by Gasteiger charge is 2.29. The number of urea groups is 1. The SMILES string of the molecule is CN1C(=O)CCC1c1cncc(-c2cnc3c(c2)CCCN3C(N)=O)c1. The van der Waals surface area contributed by atoms with E-state index in [1.165, 1.54) is 4.90 Å². The number of nitrogens with two attached hydrogens (primary N) is 1. The summed E-state index contributed by atoms with van der Waals surface area (Å²) in [7, 11) is 1.84. The summed E-state index contributed by atoms with van der Waals surface area (Å²) in [6, 6.07) is 3.74. The second kappa shape index (κ2) is 6.40. The van der Waals surface area contributed by atoms with Gasteiger partial charge in [0, 0.05) is 49.7 Å². The van der Waals surface area contributed by atoms with Gasteiger partial charge in [0.15, 0.2) is 0 Å². The minimum atomic E-state index is -0.469. The number of likely N-dealkylation sites (tertiary alicyclic amines) is 1.